The monoisotopic (exact) mass is 538 g/mol. The Labute approximate surface area is 230 Å². The molecule has 198 valence electrons. The van der Waals surface area contributed by atoms with Gasteiger partial charge in [-0.2, -0.15) is 0 Å². The van der Waals surface area contributed by atoms with E-state index in [-0.39, 0.29) is 21.6 Å². The van der Waals surface area contributed by atoms with Crippen LogP contribution in [0.2, 0.25) is 36.3 Å². The summed E-state index contributed by atoms with van der Waals surface area (Å²) >= 11 is 0. The largest absolute Gasteiger partial charge is 0.289 e. The quantitative estimate of drug-likeness (QED) is 0.310. The molecule has 0 aromatic heterocycles. The summed E-state index contributed by atoms with van der Waals surface area (Å²) in [6, 6.07) is 13.6. The second kappa shape index (κ2) is 8.46. The van der Waals surface area contributed by atoms with E-state index in [4.69, 9.17) is 0 Å². The maximum Gasteiger partial charge on any atom is 0.187 e. The first-order valence-corrected chi connectivity index (χ1v) is 20.0. The molecule has 0 aliphatic heterocycles. The molecular weight excluding hydrogens is 497 g/mol. The highest BCUT2D eigenvalue weighted by atomic mass is 28.3. The van der Waals surface area contributed by atoms with Crippen molar-refractivity contribution in [2.24, 2.45) is 0 Å². The molecule has 2 aliphatic carbocycles. The lowest BCUT2D eigenvalue weighted by molar-refractivity contribution is 0.0994. The van der Waals surface area contributed by atoms with E-state index in [1.165, 1.54) is 50.0 Å². The van der Waals surface area contributed by atoms with Crippen molar-refractivity contribution in [1.29, 1.82) is 0 Å². The Hall–Kier alpha value is -2.57. The van der Waals surface area contributed by atoms with E-state index in [0.717, 1.165) is 18.4 Å². The molecule has 0 fully saturated rings. The summed E-state index contributed by atoms with van der Waals surface area (Å²) in [5, 5.41) is 6.01. The number of allylic oxidation sites excluding steroid dienone is 2. The molecular formula is C34H42O2Si2. The van der Waals surface area contributed by atoms with Gasteiger partial charge in [0.2, 0.25) is 0 Å². The zero-order chi connectivity index (χ0) is 28.0. The Morgan fingerprint density at radius 3 is 1.68 bits per heavy atom. The van der Waals surface area contributed by atoms with Crippen molar-refractivity contribution in [3.05, 3.63) is 70.8 Å². The molecule has 0 heterocycles. The van der Waals surface area contributed by atoms with Gasteiger partial charge < -0.3 is 0 Å². The van der Waals surface area contributed by atoms with Gasteiger partial charge in [0.1, 0.15) is 0 Å². The maximum atomic E-state index is 13.4. The van der Waals surface area contributed by atoms with Crippen molar-refractivity contribution in [2.75, 3.05) is 0 Å². The van der Waals surface area contributed by atoms with Crippen LogP contribution in [-0.4, -0.2) is 27.7 Å². The third-order valence-corrected chi connectivity index (χ3v) is 21.5. The zero-order valence-corrected chi connectivity index (χ0v) is 26.8. The van der Waals surface area contributed by atoms with Gasteiger partial charge in [-0.3, -0.25) is 9.59 Å². The first-order chi connectivity index (χ1) is 17.5. The third-order valence-electron chi connectivity index (χ3n) is 10.5. The van der Waals surface area contributed by atoms with Crippen LogP contribution in [0.1, 0.15) is 73.4 Å². The van der Waals surface area contributed by atoms with Gasteiger partial charge in [-0.25, -0.2) is 0 Å². The topological polar surface area (TPSA) is 34.1 Å². The first-order valence-electron chi connectivity index (χ1n) is 14.0. The van der Waals surface area contributed by atoms with E-state index in [9.17, 15) is 9.59 Å². The van der Waals surface area contributed by atoms with Crippen molar-refractivity contribution in [3.63, 3.8) is 0 Å². The van der Waals surface area contributed by atoms with Crippen LogP contribution in [0, 0.1) is 0 Å². The van der Waals surface area contributed by atoms with Crippen LogP contribution in [0.4, 0.5) is 0 Å². The molecule has 2 nitrogen and oxygen atoms in total. The van der Waals surface area contributed by atoms with E-state index in [1.54, 1.807) is 0 Å². The number of fused-ring (bicyclic) bond motifs is 7. The van der Waals surface area contributed by atoms with Crippen LogP contribution in [-0.2, 0) is 12.8 Å². The van der Waals surface area contributed by atoms with Crippen LogP contribution in [0.3, 0.4) is 0 Å². The number of benzene rings is 3. The summed E-state index contributed by atoms with van der Waals surface area (Å²) in [5.41, 5.74) is 5.90. The Balaban J connectivity index is 2.01. The molecule has 0 bridgehead atoms. The van der Waals surface area contributed by atoms with Gasteiger partial charge in [0, 0.05) is 11.1 Å². The van der Waals surface area contributed by atoms with Gasteiger partial charge in [0.05, 0.1) is 16.1 Å². The van der Waals surface area contributed by atoms with Crippen LogP contribution in [0.25, 0.3) is 21.9 Å². The van der Waals surface area contributed by atoms with E-state index in [2.05, 4.69) is 98.1 Å². The van der Waals surface area contributed by atoms with Crippen LogP contribution in [0.5, 0.6) is 0 Å². The molecule has 0 N–H and O–H groups in total. The Bertz CT molecular complexity index is 1560. The van der Waals surface area contributed by atoms with Gasteiger partial charge >= 0.3 is 0 Å². The number of carbonyl (C=O) groups excluding carboxylic acids is 2. The zero-order valence-electron chi connectivity index (χ0n) is 24.8. The lowest BCUT2D eigenvalue weighted by atomic mass is 9.77. The number of hydrogen-bond acceptors (Lipinski definition) is 2. The fourth-order valence-electron chi connectivity index (χ4n) is 6.05. The SMILES string of the molecule is CC(C)(C)[Si](C)(C)c1ccc([Si](C)(C)C(C)(C)C)c2c3c(ccc12)CCc1ccc2c(c1-3)C(=O)C=CC2=O. The molecule has 0 saturated carbocycles. The maximum absolute atomic E-state index is 13.4. The number of hydrogen-bond donors (Lipinski definition) is 0. The van der Waals surface area contributed by atoms with Gasteiger partial charge in [0.15, 0.2) is 11.6 Å². The summed E-state index contributed by atoms with van der Waals surface area (Å²) in [6.07, 6.45) is 4.75. The third kappa shape index (κ3) is 3.78. The van der Waals surface area contributed by atoms with E-state index in [0.29, 0.717) is 11.1 Å². The van der Waals surface area contributed by atoms with Gasteiger partial charge in [-0.15, -0.1) is 0 Å². The summed E-state index contributed by atoms with van der Waals surface area (Å²) in [7, 11) is -3.85. The van der Waals surface area contributed by atoms with Crippen LogP contribution >= 0.6 is 0 Å². The summed E-state index contributed by atoms with van der Waals surface area (Å²) in [5.74, 6) is -0.114. The lowest BCUT2D eigenvalue weighted by Gasteiger charge is -2.42. The average Bonchev–Trinajstić information content (AvgIpc) is 2.83. The predicted octanol–water partition coefficient (Wildman–Crippen LogP) is 7.97. The van der Waals surface area contributed by atoms with Crippen molar-refractivity contribution >= 4 is 48.9 Å². The fourth-order valence-corrected chi connectivity index (χ4v) is 10.4. The number of ketones is 2. The average molecular weight is 539 g/mol. The van der Waals surface area contributed by atoms with Crippen LogP contribution in [0.15, 0.2) is 48.6 Å². The minimum atomic E-state index is -1.97. The lowest BCUT2D eigenvalue weighted by Crippen LogP contribution is -2.53. The molecule has 3 aromatic rings. The van der Waals surface area contributed by atoms with Gasteiger partial charge in [0.25, 0.3) is 0 Å². The van der Waals surface area contributed by atoms with Gasteiger partial charge in [-0.1, -0.05) is 108 Å². The number of carbonyl (C=O) groups is 2. The van der Waals surface area contributed by atoms with Gasteiger partial charge in [-0.05, 0) is 74.2 Å². The Morgan fingerprint density at radius 2 is 1.08 bits per heavy atom. The first kappa shape index (κ1) is 27.0. The highest BCUT2D eigenvalue weighted by molar-refractivity contribution is 6.96. The Morgan fingerprint density at radius 1 is 0.579 bits per heavy atom. The molecule has 0 spiro atoms. The molecule has 5 rings (SSSR count). The normalized spacial score (nSPS) is 15.9. The molecule has 0 atom stereocenters. The fraction of sp³-hybridized carbons (Fsp3) is 0.412. The number of rotatable bonds is 2. The molecule has 0 saturated heterocycles. The van der Waals surface area contributed by atoms with Crippen LogP contribution < -0.4 is 10.4 Å². The molecule has 0 unspecified atom stereocenters. The smallest absolute Gasteiger partial charge is 0.187 e. The second-order valence-corrected chi connectivity index (χ2v) is 25.1. The summed E-state index contributed by atoms with van der Waals surface area (Å²) in [4.78, 5) is 26.3. The second-order valence-electron chi connectivity index (χ2n) is 14.5. The molecule has 0 amide bonds. The minimum absolute atomic E-state index is 0.0456. The number of aryl methyl sites for hydroxylation is 2. The van der Waals surface area contributed by atoms with Crippen molar-refractivity contribution in [2.45, 2.75) is 90.6 Å². The molecule has 0 radical (unpaired) electrons. The highest BCUT2D eigenvalue weighted by Gasteiger charge is 2.42. The van der Waals surface area contributed by atoms with Crippen molar-refractivity contribution < 1.29 is 9.59 Å². The predicted molar refractivity (Wildman–Crippen MR) is 168 cm³/mol. The molecule has 38 heavy (non-hydrogen) atoms. The van der Waals surface area contributed by atoms with Crippen molar-refractivity contribution in [1.82, 2.24) is 0 Å². The summed E-state index contributed by atoms with van der Waals surface area (Å²) in [6.45, 7) is 24.3. The van der Waals surface area contributed by atoms with E-state index < -0.39 is 16.1 Å². The standard InChI is InChI=1S/C34H42O2Si2/c1-33(2,3)37(7,8)27-19-20-28(38(9,10)34(4,5)6)32-24(27)16-14-22-12-11-21-13-15-23-25(35)17-18-26(36)31(23)29(21)30(22)32/h13-20H,11-12H2,1-10H3. The molecule has 3 aromatic carbocycles. The molecule has 2 aliphatic rings. The highest BCUT2D eigenvalue weighted by Crippen LogP contribution is 2.46. The molecule has 4 heteroatoms. The Kier molecular flexibility index (Phi) is 6.02. The van der Waals surface area contributed by atoms with Crippen molar-refractivity contribution in [3.8, 4) is 11.1 Å². The van der Waals surface area contributed by atoms with E-state index >= 15 is 0 Å². The summed E-state index contributed by atoms with van der Waals surface area (Å²) < 4.78 is 0. The minimum Gasteiger partial charge on any atom is -0.289 e. The van der Waals surface area contributed by atoms with E-state index in [1.807, 2.05) is 6.07 Å².